The lowest BCUT2D eigenvalue weighted by atomic mass is 9.96. The molecule has 27 heavy (non-hydrogen) atoms. The lowest BCUT2D eigenvalue weighted by Crippen LogP contribution is -2.39. The summed E-state index contributed by atoms with van der Waals surface area (Å²) in [4.78, 5) is 25.3. The smallest absolute Gasteiger partial charge is 0.387 e. The molecule has 3 rings (SSSR count). The van der Waals surface area contributed by atoms with Gasteiger partial charge in [-0.05, 0) is 42.9 Å². The van der Waals surface area contributed by atoms with Crippen LogP contribution in [-0.4, -0.2) is 49.6 Å². The van der Waals surface area contributed by atoms with E-state index >= 15 is 0 Å². The Hall–Kier alpha value is -2.38. The van der Waals surface area contributed by atoms with E-state index in [1.165, 1.54) is 31.1 Å². The number of carbonyl (C=O) groups excluding carboxylic acids is 2. The Kier molecular flexibility index (Phi) is 5.03. The predicted octanol–water partition coefficient (Wildman–Crippen LogP) is 2.95. The van der Waals surface area contributed by atoms with Crippen molar-refractivity contribution in [1.29, 1.82) is 0 Å². The van der Waals surface area contributed by atoms with Crippen LogP contribution in [0.2, 0.25) is 0 Å². The van der Waals surface area contributed by atoms with Gasteiger partial charge in [0.2, 0.25) is 5.91 Å². The first kappa shape index (κ1) is 16.8. The fraction of sp³-hybridized carbons (Fsp3) is 0.579. The van der Waals surface area contributed by atoms with E-state index in [2.05, 4.69) is 4.74 Å². The quantitative estimate of drug-likeness (QED) is 0.675. The standard InChI is InChI=1S/C19H23F2NO5/c1-11(23)22-9-14(7-15(22)18(24)25-2)13-5-6-16(27-19(20)21)17(8-13)26-10-12-3-4-12/h5-6,8,12,14-15,19H,3-4,7,9-10H2,1-2H3/t14?,15-/m1/s1/i10D2. The van der Waals surface area contributed by atoms with Crippen molar-refractivity contribution in [3.05, 3.63) is 23.8 Å². The van der Waals surface area contributed by atoms with E-state index in [4.69, 9.17) is 12.2 Å². The molecule has 1 unspecified atom stereocenters. The molecular formula is C19H23F2NO5. The molecule has 1 aliphatic carbocycles. The molecule has 1 aliphatic heterocycles. The highest BCUT2D eigenvalue weighted by atomic mass is 19.3. The highest BCUT2D eigenvalue weighted by molar-refractivity contribution is 5.84. The second-order valence-electron chi connectivity index (χ2n) is 6.72. The van der Waals surface area contributed by atoms with Gasteiger partial charge in [-0.25, -0.2) is 4.79 Å². The minimum Gasteiger partial charge on any atom is -0.489 e. The van der Waals surface area contributed by atoms with Gasteiger partial charge < -0.3 is 19.1 Å². The van der Waals surface area contributed by atoms with Crippen LogP contribution in [0.25, 0.3) is 0 Å². The Morgan fingerprint density at radius 3 is 2.67 bits per heavy atom. The third kappa shape index (κ3) is 4.67. The van der Waals surface area contributed by atoms with E-state index in [-0.39, 0.29) is 35.8 Å². The number of esters is 1. The molecule has 1 aromatic rings. The summed E-state index contributed by atoms with van der Waals surface area (Å²) in [6.07, 6.45) is 1.62. The molecule has 0 spiro atoms. The number of ether oxygens (including phenoxy) is 3. The van der Waals surface area contributed by atoms with Crippen molar-refractivity contribution >= 4 is 11.9 Å². The third-order valence-electron chi connectivity index (χ3n) is 4.75. The maximum Gasteiger partial charge on any atom is 0.387 e. The van der Waals surface area contributed by atoms with E-state index in [0.717, 1.165) is 0 Å². The van der Waals surface area contributed by atoms with Gasteiger partial charge in [-0.15, -0.1) is 0 Å². The molecule has 0 bridgehead atoms. The second-order valence-corrected chi connectivity index (χ2v) is 6.72. The minimum absolute atomic E-state index is 0.129. The number of nitrogens with zero attached hydrogens (tertiary/aromatic N) is 1. The number of methoxy groups -OCH3 is 1. The SMILES string of the molecule is [2H]C([2H])(Oc1cc(C2C[C@H](C(=O)OC)N(C(C)=O)C2)ccc1OC(F)F)C1CC1. The van der Waals surface area contributed by atoms with Crippen LogP contribution in [0.5, 0.6) is 11.5 Å². The molecule has 1 saturated carbocycles. The van der Waals surface area contributed by atoms with Gasteiger partial charge in [0.05, 0.1) is 16.4 Å². The van der Waals surface area contributed by atoms with Crippen LogP contribution in [0, 0.1) is 5.92 Å². The van der Waals surface area contributed by atoms with Gasteiger partial charge in [0, 0.05) is 19.4 Å². The van der Waals surface area contributed by atoms with Crippen LogP contribution >= 0.6 is 0 Å². The van der Waals surface area contributed by atoms with Crippen LogP contribution in [0.4, 0.5) is 8.78 Å². The topological polar surface area (TPSA) is 65.1 Å². The highest BCUT2D eigenvalue weighted by Crippen LogP contribution is 2.39. The number of hydrogen-bond donors (Lipinski definition) is 0. The van der Waals surface area contributed by atoms with Gasteiger partial charge in [0.25, 0.3) is 0 Å². The highest BCUT2D eigenvalue weighted by Gasteiger charge is 2.39. The number of likely N-dealkylation sites (tertiary alicyclic amines) is 1. The van der Waals surface area contributed by atoms with Crippen molar-refractivity contribution in [3.8, 4) is 11.5 Å². The first-order chi connectivity index (χ1) is 13.6. The van der Waals surface area contributed by atoms with Crippen LogP contribution in [0.3, 0.4) is 0 Å². The van der Waals surface area contributed by atoms with Crippen LogP contribution in [-0.2, 0) is 14.3 Å². The lowest BCUT2D eigenvalue weighted by molar-refractivity contribution is -0.150. The van der Waals surface area contributed by atoms with Gasteiger partial charge in [0.1, 0.15) is 6.04 Å². The Bertz CT molecular complexity index is 788. The monoisotopic (exact) mass is 385 g/mol. The summed E-state index contributed by atoms with van der Waals surface area (Å²) in [7, 11) is 1.25. The third-order valence-corrected chi connectivity index (χ3v) is 4.75. The Morgan fingerprint density at radius 1 is 1.33 bits per heavy atom. The van der Waals surface area contributed by atoms with Gasteiger partial charge >= 0.3 is 12.6 Å². The zero-order valence-electron chi connectivity index (χ0n) is 17.1. The molecule has 148 valence electrons. The number of hydrogen-bond acceptors (Lipinski definition) is 5. The first-order valence-electron chi connectivity index (χ1n) is 9.75. The number of carbonyl (C=O) groups is 2. The minimum atomic E-state index is -3.08. The normalized spacial score (nSPS) is 23.7. The maximum absolute atomic E-state index is 12.8. The molecule has 1 saturated heterocycles. The Balaban J connectivity index is 1.88. The summed E-state index contributed by atoms with van der Waals surface area (Å²) in [6, 6.07) is 3.56. The maximum atomic E-state index is 12.8. The summed E-state index contributed by atoms with van der Waals surface area (Å²) in [5, 5.41) is 0. The van der Waals surface area contributed by atoms with Gasteiger partial charge in [-0.2, -0.15) is 8.78 Å². The van der Waals surface area contributed by atoms with Gasteiger partial charge in [0.15, 0.2) is 11.5 Å². The lowest BCUT2D eigenvalue weighted by Gasteiger charge is -2.20. The molecule has 1 amide bonds. The van der Waals surface area contributed by atoms with E-state index in [1.807, 2.05) is 0 Å². The summed E-state index contributed by atoms with van der Waals surface area (Å²) >= 11 is 0. The number of amides is 1. The van der Waals surface area contributed by atoms with Crippen molar-refractivity contribution in [2.75, 3.05) is 20.2 Å². The summed E-state index contributed by atoms with van der Waals surface area (Å²) in [5.74, 6) is -1.76. The van der Waals surface area contributed by atoms with Crippen molar-refractivity contribution in [3.63, 3.8) is 0 Å². The number of alkyl halides is 2. The molecule has 6 nitrogen and oxygen atoms in total. The van der Waals surface area contributed by atoms with E-state index < -0.39 is 25.2 Å². The largest absolute Gasteiger partial charge is 0.489 e. The number of halogens is 2. The predicted molar refractivity (Wildman–Crippen MR) is 91.8 cm³/mol. The van der Waals surface area contributed by atoms with E-state index in [1.54, 1.807) is 6.07 Å². The van der Waals surface area contributed by atoms with Gasteiger partial charge in [-0.1, -0.05) is 6.07 Å². The second kappa shape index (κ2) is 8.10. The number of benzene rings is 1. The zero-order valence-corrected chi connectivity index (χ0v) is 15.1. The molecule has 0 N–H and O–H groups in total. The van der Waals surface area contributed by atoms with E-state index in [0.29, 0.717) is 24.8 Å². The molecule has 2 atom stereocenters. The molecule has 8 heteroatoms. The van der Waals surface area contributed by atoms with Crippen molar-refractivity contribution in [1.82, 2.24) is 4.90 Å². The fourth-order valence-corrected chi connectivity index (χ4v) is 3.18. The first-order valence-corrected chi connectivity index (χ1v) is 8.75. The van der Waals surface area contributed by atoms with Crippen molar-refractivity contribution < 1.29 is 35.3 Å². The van der Waals surface area contributed by atoms with Crippen LogP contribution < -0.4 is 9.47 Å². The molecule has 1 aromatic carbocycles. The summed E-state index contributed by atoms with van der Waals surface area (Å²) in [6.45, 7) is -3.48. The molecule has 1 heterocycles. The molecule has 2 aliphatic rings. The number of rotatable bonds is 7. The Labute approximate surface area is 159 Å². The molecular weight excluding hydrogens is 360 g/mol. The zero-order chi connectivity index (χ0) is 21.3. The van der Waals surface area contributed by atoms with E-state index in [9.17, 15) is 18.4 Å². The molecule has 0 radical (unpaired) electrons. The average molecular weight is 385 g/mol. The van der Waals surface area contributed by atoms with Gasteiger partial charge in [-0.3, -0.25) is 4.79 Å². The van der Waals surface area contributed by atoms with Crippen molar-refractivity contribution in [2.45, 2.75) is 44.8 Å². The molecule has 2 fully saturated rings. The summed E-state index contributed by atoms with van der Waals surface area (Å²) in [5.41, 5.74) is 0.630. The Morgan fingerprint density at radius 2 is 2.07 bits per heavy atom. The van der Waals surface area contributed by atoms with Crippen LogP contribution in [0.1, 0.15) is 40.4 Å². The fourth-order valence-electron chi connectivity index (χ4n) is 3.18. The van der Waals surface area contributed by atoms with Crippen molar-refractivity contribution in [2.24, 2.45) is 5.92 Å². The summed E-state index contributed by atoms with van der Waals surface area (Å²) < 4.78 is 56.3. The molecule has 0 aromatic heterocycles. The average Bonchev–Trinajstić information content (AvgIpc) is 3.41. The van der Waals surface area contributed by atoms with Crippen LogP contribution in [0.15, 0.2) is 18.2 Å².